The fraction of sp³-hybridized carbons (Fsp3) is 0.381. The van der Waals surface area contributed by atoms with Crippen LogP contribution >= 0.6 is 11.8 Å². The number of carboxylic acid groups (broad SMARTS) is 1. The topological polar surface area (TPSA) is 50.4 Å². The second-order valence-electron chi connectivity index (χ2n) is 6.38. The molecule has 0 saturated carbocycles. The van der Waals surface area contributed by atoms with E-state index in [1.165, 1.54) is 22.6 Å². The highest BCUT2D eigenvalue weighted by Crippen LogP contribution is 2.46. The van der Waals surface area contributed by atoms with E-state index in [0.29, 0.717) is 11.5 Å². The van der Waals surface area contributed by atoms with Crippen LogP contribution in [-0.4, -0.2) is 16.8 Å². The van der Waals surface area contributed by atoms with Gasteiger partial charge in [0.05, 0.1) is 0 Å². The van der Waals surface area contributed by atoms with Gasteiger partial charge in [-0.05, 0) is 72.2 Å². The van der Waals surface area contributed by atoms with Gasteiger partial charge in [0.1, 0.15) is 12.2 Å². The first-order valence-corrected chi connectivity index (χ1v) is 9.65. The number of thioether (sulfide) groups is 1. The van der Waals surface area contributed by atoms with Crippen LogP contribution in [0.4, 0.5) is 0 Å². The third-order valence-electron chi connectivity index (χ3n) is 5.06. The van der Waals surface area contributed by atoms with Gasteiger partial charge in [0.15, 0.2) is 5.76 Å². The zero-order chi connectivity index (χ0) is 17.9. The first kappa shape index (κ1) is 17.7. The zero-order valence-electron chi connectivity index (χ0n) is 14.6. The van der Waals surface area contributed by atoms with Crippen molar-refractivity contribution in [1.82, 2.24) is 0 Å². The van der Waals surface area contributed by atoms with E-state index in [4.69, 9.17) is 9.52 Å². The molecule has 0 unspecified atom stereocenters. The van der Waals surface area contributed by atoms with Crippen molar-refractivity contribution in [2.45, 2.75) is 49.8 Å². The maximum Gasteiger partial charge on any atom is 0.311 e. The van der Waals surface area contributed by atoms with E-state index in [2.05, 4.69) is 43.9 Å². The molecule has 1 aliphatic heterocycles. The maximum atomic E-state index is 10.7. The fourth-order valence-electron chi connectivity index (χ4n) is 3.45. The summed E-state index contributed by atoms with van der Waals surface area (Å²) in [6, 6.07) is 9.86. The van der Waals surface area contributed by atoms with E-state index in [0.717, 1.165) is 18.4 Å². The summed E-state index contributed by atoms with van der Waals surface area (Å²) in [5.41, 5.74) is 2.66. The van der Waals surface area contributed by atoms with Crippen LogP contribution in [0.25, 0.3) is 0 Å². The van der Waals surface area contributed by atoms with Crippen LogP contribution in [0.15, 0.2) is 39.6 Å². The summed E-state index contributed by atoms with van der Waals surface area (Å²) < 4.78 is 5.45. The van der Waals surface area contributed by atoms with Gasteiger partial charge in [0, 0.05) is 10.5 Å². The Balaban J connectivity index is 1.88. The summed E-state index contributed by atoms with van der Waals surface area (Å²) in [6.45, 7) is 4.54. The molecule has 0 spiro atoms. The predicted molar refractivity (Wildman–Crippen MR) is 100 cm³/mol. The molecule has 0 amide bonds. The minimum atomic E-state index is -0.906. The molecule has 0 radical (unpaired) electrons. The Morgan fingerprint density at radius 3 is 2.76 bits per heavy atom. The predicted octanol–water partition coefficient (Wildman–Crippen LogP) is 4.86. The molecule has 25 heavy (non-hydrogen) atoms. The average molecular weight is 354 g/mol. The Morgan fingerprint density at radius 2 is 2.04 bits per heavy atom. The van der Waals surface area contributed by atoms with Crippen molar-refractivity contribution in [1.29, 1.82) is 0 Å². The fourth-order valence-corrected chi connectivity index (χ4v) is 4.75. The molecule has 3 rings (SSSR count). The number of carboxylic acids is 1. The van der Waals surface area contributed by atoms with Crippen LogP contribution in [0.5, 0.6) is 0 Å². The lowest BCUT2D eigenvalue weighted by Crippen LogP contribution is -2.28. The molecule has 1 N–H and O–H groups in total. The van der Waals surface area contributed by atoms with Crippen LogP contribution < -0.4 is 0 Å². The molecular weight excluding hydrogens is 332 g/mol. The van der Waals surface area contributed by atoms with Crippen molar-refractivity contribution in [2.24, 2.45) is 0 Å². The van der Waals surface area contributed by atoms with Crippen molar-refractivity contribution >= 4 is 17.7 Å². The number of fused-ring (bicyclic) bond motifs is 1. The number of carbonyl (C=O) groups is 1. The number of furan rings is 1. The summed E-state index contributed by atoms with van der Waals surface area (Å²) >= 11 is 1.93. The lowest BCUT2D eigenvalue weighted by Gasteiger charge is -2.37. The van der Waals surface area contributed by atoms with Gasteiger partial charge in [-0.2, -0.15) is 0 Å². The van der Waals surface area contributed by atoms with E-state index >= 15 is 0 Å². The quantitative estimate of drug-likeness (QED) is 0.797. The van der Waals surface area contributed by atoms with Gasteiger partial charge in [0.2, 0.25) is 0 Å². The molecule has 3 nitrogen and oxygen atoms in total. The third-order valence-corrected chi connectivity index (χ3v) is 6.14. The Morgan fingerprint density at radius 1 is 1.24 bits per heavy atom. The smallest absolute Gasteiger partial charge is 0.311 e. The van der Waals surface area contributed by atoms with E-state index < -0.39 is 5.97 Å². The molecule has 0 aliphatic carbocycles. The van der Waals surface area contributed by atoms with E-state index in [-0.39, 0.29) is 11.8 Å². The lowest BCUT2D eigenvalue weighted by atomic mass is 9.73. The highest BCUT2D eigenvalue weighted by Gasteiger charge is 2.33. The van der Waals surface area contributed by atoms with Crippen LogP contribution in [0.3, 0.4) is 0 Å². The first-order chi connectivity index (χ1) is 12.1. The molecule has 130 valence electrons. The molecule has 0 bridgehead atoms. The van der Waals surface area contributed by atoms with Crippen molar-refractivity contribution in [3.8, 4) is 11.8 Å². The summed E-state index contributed by atoms with van der Waals surface area (Å²) in [5.74, 6) is 7.37. The number of aliphatic carboxylic acids is 1. The molecule has 4 heteroatoms. The Hall–Kier alpha value is -2.12. The lowest BCUT2D eigenvalue weighted by molar-refractivity contribution is -0.136. The molecule has 0 fully saturated rings. The Bertz CT molecular complexity index is 834. The Kier molecular flexibility index (Phi) is 5.24. The second kappa shape index (κ2) is 7.41. The summed E-state index contributed by atoms with van der Waals surface area (Å²) in [5, 5.41) is 8.79. The normalized spacial score (nSPS) is 15.1. The van der Waals surface area contributed by atoms with Crippen molar-refractivity contribution < 1.29 is 14.3 Å². The summed E-state index contributed by atoms with van der Waals surface area (Å²) in [6.07, 6.45) is 3.38. The second-order valence-corrected chi connectivity index (χ2v) is 7.52. The third kappa shape index (κ3) is 3.77. The molecule has 2 aromatic rings. The van der Waals surface area contributed by atoms with Crippen molar-refractivity contribution in [2.75, 3.05) is 5.75 Å². The zero-order valence-corrected chi connectivity index (χ0v) is 15.4. The van der Waals surface area contributed by atoms with Crippen LogP contribution in [-0.2, 0) is 16.6 Å². The molecule has 0 saturated heterocycles. The first-order valence-electron chi connectivity index (χ1n) is 8.66. The van der Waals surface area contributed by atoms with Crippen LogP contribution in [0.2, 0.25) is 0 Å². The van der Waals surface area contributed by atoms with Crippen LogP contribution in [0, 0.1) is 11.8 Å². The van der Waals surface area contributed by atoms with Gasteiger partial charge in [0.25, 0.3) is 0 Å². The number of benzene rings is 1. The van der Waals surface area contributed by atoms with E-state index in [9.17, 15) is 4.79 Å². The van der Waals surface area contributed by atoms with Gasteiger partial charge in [-0.3, -0.25) is 4.79 Å². The largest absolute Gasteiger partial charge is 0.481 e. The molecule has 1 aliphatic rings. The van der Waals surface area contributed by atoms with Gasteiger partial charge in [-0.1, -0.05) is 19.8 Å². The molecule has 2 heterocycles. The SMILES string of the molecule is CCC1(CC)CCSc2ccc(C#Cc3ccc(CC(=O)O)o3)cc21. The number of hydrogen-bond donors (Lipinski definition) is 1. The molecular formula is C21H22O3S. The standard InChI is InChI=1S/C21H22O3S/c1-3-21(4-2)11-12-25-19-10-6-15(13-18(19)21)5-7-16-8-9-17(24-16)14-20(22)23/h6,8-10,13H,3-4,11-12,14H2,1-2H3,(H,22,23). The van der Waals surface area contributed by atoms with Crippen molar-refractivity contribution in [3.63, 3.8) is 0 Å². The monoisotopic (exact) mass is 354 g/mol. The molecule has 1 aromatic heterocycles. The van der Waals surface area contributed by atoms with Gasteiger partial charge in [-0.25, -0.2) is 0 Å². The number of hydrogen-bond acceptors (Lipinski definition) is 3. The van der Waals surface area contributed by atoms with E-state index in [1.807, 2.05) is 11.8 Å². The highest BCUT2D eigenvalue weighted by atomic mass is 32.2. The van der Waals surface area contributed by atoms with Gasteiger partial charge >= 0.3 is 5.97 Å². The summed E-state index contributed by atoms with van der Waals surface area (Å²) in [4.78, 5) is 12.1. The highest BCUT2D eigenvalue weighted by molar-refractivity contribution is 7.99. The Labute approximate surface area is 152 Å². The van der Waals surface area contributed by atoms with Crippen LogP contribution in [0.1, 0.15) is 55.8 Å². The minimum Gasteiger partial charge on any atom is -0.481 e. The molecule has 0 atom stereocenters. The molecule has 1 aromatic carbocycles. The van der Waals surface area contributed by atoms with Gasteiger partial charge < -0.3 is 9.52 Å². The van der Waals surface area contributed by atoms with Crippen molar-refractivity contribution in [3.05, 3.63) is 53.0 Å². The van der Waals surface area contributed by atoms with Gasteiger partial charge in [-0.15, -0.1) is 11.8 Å². The van der Waals surface area contributed by atoms with E-state index in [1.54, 1.807) is 12.1 Å². The maximum absolute atomic E-state index is 10.7. The average Bonchev–Trinajstić information content (AvgIpc) is 3.06. The summed E-state index contributed by atoms with van der Waals surface area (Å²) in [7, 11) is 0. The number of rotatable bonds is 4. The minimum absolute atomic E-state index is 0.118.